The Bertz CT molecular complexity index is 740. The van der Waals surface area contributed by atoms with E-state index < -0.39 is 0 Å². The van der Waals surface area contributed by atoms with Crippen molar-refractivity contribution in [2.24, 2.45) is 17.8 Å². The van der Waals surface area contributed by atoms with Crippen LogP contribution >= 0.6 is 0 Å². The van der Waals surface area contributed by atoms with Gasteiger partial charge in [0.1, 0.15) is 6.10 Å². The number of hydrogen-bond donors (Lipinski definition) is 0. The van der Waals surface area contributed by atoms with Gasteiger partial charge in [0, 0.05) is 0 Å². The standard InChI is InChI=1S/C24H30O4/c1-17(2)22(28-24(26)21-13-9-6-10-14-21)15-18(3)19(4)16-27-23(25)20-11-7-5-8-12-20/h5-14,17-19,22H,15-16H2,1-4H3/t18-,19+,22+/m0/s1. The summed E-state index contributed by atoms with van der Waals surface area (Å²) >= 11 is 0. The van der Waals surface area contributed by atoms with Crippen molar-refractivity contribution in [2.75, 3.05) is 6.61 Å². The average molecular weight is 383 g/mol. The maximum atomic E-state index is 12.4. The molecule has 4 nitrogen and oxygen atoms in total. The number of ether oxygens (including phenoxy) is 2. The molecule has 4 heteroatoms. The highest BCUT2D eigenvalue weighted by molar-refractivity contribution is 5.89. The molecule has 3 atom stereocenters. The Morgan fingerprint density at radius 1 is 0.750 bits per heavy atom. The second kappa shape index (κ2) is 10.6. The molecule has 0 bridgehead atoms. The number of carbonyl (C=O) groups excluding carboxylic acids is 2. The van der Waals surface area contributed by atoms with Crippen LogP contribution in [0.3, 0.4) is 0 Å². The van der Waals surface area contributed by atoms with Crippen LogP contribution in [0.15, 0.2) is 60.7 Å². The number of hydrogen-bond acceptors (Lipinski definition) is 4. The number of benzene rings is 2. The highest BCUT2D eigenvalue weighted by Gasteiger charge is 2.25. The summed E-state index contributed by atoms with van der Waals surface area (Å²) in [6.07, 6.45) is 0.537. The van der Waals surface area contributed by atoms with Crippen LogP contribution in [0.25, 0.3) is 0 Å². The van der Waals surface area contributed by atoms with Gasteiger partial charge in [-0.2, -0.15) is 0 Å². The van der Waals surface area contributed by atoms with E-state index in [1.54, 1.807) is 24.3 Å². The normalized spacial score (nSPS) is 14.2. The van der Waals surface area contributed by atoms with Crippen molar-refractivity contribution in [1.82, 2.24) is 0 Å². The molecule has 0 N–H and O–H groups in total. The van der Waals surface area contributed by atoms with Gasteiger partial charge in [-0.1, -0.05) is 64.1 Å². The zero-order valence-electron chi connectivity index (χ0n) is 17.1. The molecule has 0 aliphatic heterocycles. The van der Waals surface area contributed by atoms with E-state index in [4.69, 9.17) is 9.47 Å². The van der Waals surface area contributed by atoms with Crippen molar-refractivity contribution >= 4 is 11.9 Å². The second-order valence-electron chi connectivity index (χ2n) is 7.71. The van der Waals surface area contributed by atoms with Gasteiger partial charge in [0.2, 0.25) is 0 Å². The molecular formula is C24H30O4. The predicted molar refractivity (Wildman–Crippen MR) is 110 cm³/mol. The molecule has 0 spiro atoms. The molecule has 0 fully saturated rings. The minimum absolute atomic E-state index is 0.157. The molecular weight excluding hydrogens is 352 g/mol. The first-order valence-corrected chi connectivity index (χ1v) is 9.86. The summed E-state index contributed by atoms with van der Waals surface area (Å²) in [7, 11) is 0. The van der Waals surface area contributed by atoms with E-state index in [0.717, 1.165) is 6.42 Å². The van der Waals surface area contributed by atoms with E-state index in [-0.39, 0.29) is 35.8 Å². The highest BCUT2D eigenvalue weighted by atomic mass is 16.5. The maximum Gasteiger partial charge on any atom is 0.338 e. The summed E-state index contributed by atoms with van der Waals surface area (Å²) < 4.78 is 11.2. The quantitative estimate of drug-likeness (QED) is 0.546. The van der Waals surface area contributed by atoms with Gasteiger partial charge in [0.15, 0.2) is 0 Å². The van der Waals surface area contributed by atoms with Gasteiger partial charge >= 0.3 is 11.9 Å². The lowest BCUT2D eigenvalue weighted by Gasteiger charge is -2.27. The van der Waals surface area contributed by atoms with Crippen molar-refractivity contribution in [1.29, 1.82) is 0 Å². The summed E-state index contributed by atoms with van der Waals surface area (Å²) in [5, 5.41) is 0. The Morgan fingerprint density at radius 2 is 1.25 bits per heavy atom. The zero-order valence-corrected chi connectivity index (χ0v) is 17.1. The molecule has 0 unspecified atom stereocenters. The van der Waals surface area contributed by atoms with E-state index in [1.807, 2.05) is 36.4 Å². The number of rotatable bonds is 9. The zero-order chi connectivity index (χ0) is 20.5. The fourth-order valence-electron chi connectivity index (χ4n) is 2.86. The van der Waals surface area contributed by atoms with Crippen LogP contribution in [0, 0.1) is 17.8 Å². The molecule has 0 aromatic heterocycles. The van der Waals surface area contributed by atoms with Crippen LogP contribution in [0.4, 0.5) is 0 Å². The molecule has 0 heterocycles. The lowest BCUT2D eigenvalue weighted by Crippen LogP contribution is -2.29. The third-order valence-corrected chi connectivity index (χ3v) is 5.07. The number of carbonyl (C=O) groups is 2. The fraction of sp³-hybridized carbons (Fsp3) is 0.417. The Hall–Kier alpha value is -2.62. The van der Waals surface area contributed by atoms with Crippen LogP contribution in [0.2, 0.25) is 0 Å². The van der Waals surface area contributed by atoms with Gasteiger partial charge < -0.3 is 9.47 Å². The molecule has 0 saturated carbocycles. The molecule has 150 valence electrons. The van der Waals surface area contributed by atoms with Gasteiger partial charge in [-0.3, -0.25) is 0 Å². The van der Waals surface area contributed by atoms with E-state index in [9.17, 15) is 9.59 Å². The summed E-state index contributed by atoms with van der Waals surface area (Å²) in [4.78, 5) is 24.5. The fourth-order valence-corrected chi connectivity index (χ4v) is 2.86. The molecule has 28 heavy (non-hydrogen) atoms. The van der Waals surface area contributed by atoms with E-state index in [1.165, 1.54) is 0 Å². The monoisotopic (exact) mass is 382 g/mol. The minimum atomic E-state index is -0.310. The van der Waals surface area contributed by atoms with Crippen molar-refractivity contribution in [3.63, 3.8) is 0 Å². The van der Waals surface area contributed by atoms with Crippen molar-refractivity contribution in [3.8, 4) is 0 Å². The second-order valence-corrected chi connectivity index (χ2v) is 7.71. The van der Waals surface area contributed by atoms with Gasteiger partial charge in [-0.25, -0.2) is 9.59 Å². The van der Waals surface area contributed by atoms with E-state index in [2.05, 4.69) is 27.7 Å². The topological polar surface area (TPSA) is 52.6 Å². The summed E-state index contributed by atoms with van der Waals surface area (Å²) in [6, 6.07) is 18.0. The van der Waals surface area contributed by atoms with Crippen molar-refractivity contribution < 1.29 is 19.1 Å². The van der Waals surface area contributed by atoms with Gasteiger partial charge in [0.25, 0.3) is 0 Å². The Labute approximate surface area is 167 Å². The first-order chi connectivity index (χ1) is 13.4. The van der Waals surface area contributed by atoms with Crippen LogP contribution in [-0.2, 0) is 9.47 Å². The van der Waals surface area contributed by atoms with E-state index >= 15 is 0 Å². The Balaban J connectivity index is 1.87. The summed E-state index contributed by atoms with van der Waals surface area (Å²) in [6.45, 7) is 8.60. The minimum Gasteiger partial charge on any atom is -0.462 e. The molecule has 2 aromatic rings. The third kappa shape index (κ3) is 6.52. The molecule has 2 aromatic carbocycles. The summed E-state index contributed by atoms with van der Waals surface area (Å²) in [5.74, 6) is -0.0108. The van der Waals surface area contributed by atoms with Gasteiger partial charge in [-0.15, -0.1) is 0 Å². The predicted octanol–water partition coefficient (Wildman–Crippen LogP) is 5.39. The van der Waals surface area contributed by atoms with Crippen LogP contribution in [0.5, 0.6) is 0 Å². The van der Waals surface area contributed by atoms with E-state index in [0.29, 0.717) is 17.7 Å². The van der Waals surface area contributed by atoms with Crippen LogP contribution in [0.1, 0.15) is 54.8 Å². The van der Waals surface area contributed by atoms with Crippen LogP contribution in [-0.4, -0.2) is 24.6 Å². The van der Waals surface area contributed by atoms with Crippen LogP contribution < -0.4 is 0 Å². The maximum absolute atomic E-state index is 12.4. The van der Waals surface area contributed by atoms with Gasteiger partial charge in [-0.05, 0) is 48.4 Å². The molecule has 0 amide bonds. The van der Waals surface area contributed by atoms with Crippen molar-refractivity contribution in [2.45, 2.75) is 40.2 Å². The molecule has 0 aliphatic carbocycles. The lowest BCUT2D eigenvalue weighted by molar-refractivity contribution is 0.00556. The Morgan fingerprint density at radius 3 is 1.75 bits per heavy atom. The first kappa shape index (κ1) is 21.7. The number of esters is 2. The first-order valence-electron chi connectivity index (χ1n) is 9.86. The molecule has 0 saturated heterocycles. The van der Waals surface area contributed by atoms with Crippen molar-refractivity contribution in [3.05, 3.63) is 71.8 Å². The van der Waals surface area contributed by atoms with Gasteiger partial charge in [0.05, 0.1) is 17.7 Å². The Kier molecular flexibility index (Phi) is 8.24. The SMILES string of the molecule is CC(C)[C@@H](C[C@H](C)[C@H](C)COC(=O)c1ccccc1)OC(=O)c1ccccc1. The highest BCUT2D eigenvalue weighted by Crippen LogP contribution is 2.24. The smallest absolute Gasteiger partial charge is 0.338 e. The lowest BCUT2D eigenvalue weighted by atomic mass is 9.88. The molecule has 0 radical (unpaired) electrons. The average Bonchev–Trinajstić information content (AvgIpc) is 2.72. The summed E-state index contributed by atoms with van der Waals surface area (Å²) in [5.41, 5.74) is 1.12. The largest absolute Gasteiger partial charge is 0.462 e. The third-order valence-electron chi connectivity index (χ3n) is 5.07. The molecule has 0 aliphatic rings. The molecule has 2 rings (SSSR count).